The molecule has 2 saturated heterocycles. The monoisotopic (exact) mass is 150 g/mol. The van der Waals surface area contributed by atoms with E-state index in [4.69, 9.17) is 0 Å². The van der Waals surface area contributed by atoms with E-state index in [1.807, 2.05) is 0 Å². The minimum Gasteiger partial charge on any atom is -0.356 e. The Labute approximate surface area is 52.7 Å². The highest BCUT2D eigenvalue weighted by molar-refractivity contribution is 7.92. The van der Waals surface area contributed by atoms with Gasteiger partial charge in [-0.3, -0.25) is 0 Å². The van der Waals surface area contributed by atoms with Gasteiger partial charge in [0.15, 0.2) is 10.9 Å². The second-order valence-corrected chi connectivity index (χ2v) is 4.34. The quantitative estimate of drug-likeness (QED) is 0.479. The van der Waals surface area contributed by atoms with Crippen LogP contribution >= 0.6 is 0 Å². The molecule has 0 aromatic rings. The molecule has 4 nitrogen and oxygen atoms in total. The van der Waals surface area contributed by atoms with Crippen LogP contribution in [0.2, 0.25) is 0 Å². The van der Waals surface area contributed by atoms with E-state index in [0.717, 1.165) is 0 Å². The lowest BCUT2D eigenvalue weighted by atomic mass is 11.0. The molecule has 0 bridgehead atoms. The van der Waals surface area contributed by atoms with E-state index in [2.05, 4.69) is 9.47 Å². The minimum absolute atomic E-state index is 0.349. The first-order chi connectivity index (χ1) is 4.21. The Balaban J connectivity index is 2.20. The molecule has 52 valence electrons. The van der Waals surface area contributed by atoms with Crippen LogP contribution in [0.15, 0.2) is 0 Å². The van der Waals surface area contributed by atoms with Crippen LogP contribution in [-0.4, -0.2) is 32.5 Å². The van der Waals surface area contributed by atoms with Crippen LogP contribution in [-0.2, 0) is 19.3 Å². The molecule has 0 aliphatic carbocycles. The van der Waals surface area contributed by atoms with E-state index in [1.54, 1.807) is 0 Å². The number of hydrogen-bond acceptors (Lipinski definition) is 4. The van der Waals surface area contributed by atoms with Crippen molar-refractivity contribution in [1.82, 2.24) is 0 Å². The van der Waals surface area contributed by atoms with Crippen molar-refractivity contribution in [2.45, 2.75) is 10.9 Å². The average molecular weight is 150 g/mol. The van der Waals surface area contributed by atoms with Gasteiger partial charge in [0.1, 0.15) is 0 Å². The van der Waals surface area contributed by atoms with Gasteiger partial charge in [0.2, 0.25) is 9.84 Å². The van der Waals surface area contributed by atoms with E-state index in [-0.39, 0.29) is 0 Å². The minimum atomic E-state index is -3.04. The number of rotatable bonds is 2. The van der Waals surface area contributed by atoms with Crippen molar-refractivity contribution in [2.24, 2.45) is 0 Å². The molecule has 2 atom stereocenters. The number of epoxide rings is 2. The summed E-state index contributed by atoms with van der Waals surface area (Å²) in [5.41, 5.74) is -1.10. The highest BCUT2D eigenvalue weighted by Crippen LogP contribution is 2.28. The summed E-state index contributed by atoms with van der Waals surface area (Å²) in [6.45, 7) is 0.699. The summed E-state index contributed by atoms with van der Waals surface area (Å²) in [7, 11) is -3.04. The molecule has 9 heavy (non-hydrogen) atoms. The smallest absolute Gasteiger partial charge is 0.208 e. The number of hydrogen-bond donors (Lipinski definition) is 0. The summed E-state index contributed by atoms with van der Waals surface area (Å²) < 4.78 is 31.0. The average Bonchev–Trinajstić information content (AvgIpc) is 2.62. The molecule has 0 amide bonds. The second kappa shape index (κ2) is 1.47. The van der Waals surface area contributed by atoms with Crippen molar-refractivity contribution in [3.8, 4) is 0 Å². The van der Waals surface area contributed by atoms with Gasteiger partial charge in [-0.25, -0.2) is 8.42 Å². The van der Waals surface area contributed by atoms with Gasteiger partial charge in [-0.1, -0.05) is 0 Å². The molecular formula is C4H6O4S. The molecule has 0 spiro atoms. The van der Waals surface area contributed by atoms with E-state index < -0.39 is 20.7 Å². The molecule has 5 heteroatoms. The third kappa shape index (κ3) is 0.849. The molecule has 0 radical (unpaired) electrons. The van der Waals surface area contributed by atoms with Crippen molar-refractivity contribution in [2.75, 3.05) is 13.2 Å². The van der Waals surface area contributed by atoms with Crippen LogP contribution in [0.4, 0.5) is 0 Å². The van der Waals surface area contributed by atoms with E-state index >= 15 is 0 Å². The van der Waals surface area contributed by atoms with E-state index in [9.17, 15) is 8.42 Å². The Bertz CT molecular complexity index is 193. The van der Waals surface area contributed by atoms with Gasteiger partial charge in [-0.15, -0.1) is 0 Å². The number of ether oxygens (including phenoxy) is 2. The second-order valence-electron chi connectivity index (χ2n) is 2.11. The number of sulfone groups is 1. The lowest BCUT2D eigenvalue weighted by molar-refractivity contribution is 0.422. The van der Waals surface area contributed by atoms with Gasteiger partial charge < -0.3 is 9.47 Å². The van der Waals surface area contributed by atoms with Gasteiger partial charge >= 0.3 is 0 Å². The van der Waals surface area contributed by atoms with Crippen LogP contribution < -0.4 is 0 Å². The van der Waals surface area contributed by atoms with Crippen molar-refractivity contribution in [3.05, 3.63) is 0 Å². The van der Waals surface area contributed by atoms with Gasteiger partial charge in [0.25, 0.3) is 0 Å². The molecule has 2 unspecified atom stereocenters. The maximum atomic E-state index is 10.9. The van der Waals surface area contributed by atoms with Crippen molar-refractivity contribution in [1.29, 1.82) is 0 Å². The molecule has 2 heterocycles. The Kier molecular flexibility index (Phi) is 0.924. The predicted molar refractivity (Wildman–Crippen MR) is 28.4 cm³/mol. The van der Waals surface area contributed by atoms with E-state index in [0.29, 0.717) is 13.2 Å². The highest BCUT2D eigenvalue weighted by Gasteiger charge is 2.49. The van der Waals surface area contributed by atoms with Gasteiger partial charge in [0, 0.05) is 0 Å². The molecule has 0 saturated carbocycles. The highest BCUT2D eigenvalue weighted by atomic mass is 32.2. The molecule has 2 aliphatic rings. The Hall–Kier alpha value is -0.130. The van der Waals surface area contributed by atoms with Crippen LogP contribution in [0, 0.1) is 0 Å². The van der Waals surface area contributed by atoms with Crippen LogP contribution in [0.3, 0.4) is 0 Å². The van der Waals surface area contributed by atoms with Crippen molar-refractivity contribution >= 4 is 9.84 Å². The first-order valence-corrected chi connectivity index (χ1v) is 4.28. The largest absolute Gasteiger partial charge is 0.356 e. The van der Waals surface area contributed by atoms with Crippen LogP contribution in [0.25, 0.3) is 0 Å². The third-order valence-corrected chi connectivity index (χ3v) is 3.35. The maximum absolute atomic E-state index is 10.9. The first-order valence-electron chi connectivity index (χ1n) is 2.67. The summed E-state index contributed by atoms with van der Waals surface area (Å²) >= 11 is 0. The van der Waals surface area contributed by atoms with Gasteiger partial charge in [-0.05, 0) is 0 Å². The fourth-order valence-electron chi connectivity index (χ4n) is 0.627. The molecule has 2 rings (SSSR count). The van der Waals surface area contributed by atoms with Crippen molar-refractivity contribution < 1.29 is 17.9 Å². The summed E-state index contributed by atoms with van der Waals surface area (Å²) in [6.07, 6.45) is 0. The summed E-state index contributed by atoms with van der Waals surface area (Å²) in [4.78, 5) is 0. The predicted octanol–water partition coefficient (Wildman–Crippen LogP) is -0.886. The maximum Gasteiger partial charge on any atom is 0.208 e. The van der Waals surface area contributed by atoms with Gasteiger partial charge in [-0.2, -0.15) is 0 Å². The SMILES string of the molecule is O=S(=O)(C1CO1)C1CO1. The molecular weight excluding hydrogens is 144 g/mol. The standard InChI is InChI=1S/C4H6O4S/c5-9(6,3-1-7-3)4-2-8-4/h3-4H,1-2H2. The zero-order chi connectivity index (χ0) is 6.48. The molecule has 2 aliphatic heterocycles. The summed E-state index contributed by atoms with van der Waals surface area (Å²) in [6, 6.07) is 0. The van der Waals surface area contributed by atoms with Gasteiger partial charge in [0.05, 0.1) is 13.2 Å². The normalized spacial score (nSPS) is 40.4. The molecule has 0 aromatic carbocycles. The fraction of sp³-hybridized carbons (Fsp3) is 1.00. The Morgan fingerprint density at radius 2 is 1.44 bits per heavy atom. The zero-order valence-electron chi connectivity index (χ0n) is 4.61. The lowest BCUT2D eigenvalue weighted by Gasteiger charge is -1.89. The Morgan fingerprint density at radius 3 is 1.67 bits per heavy atom. The molecule has 2 fully saturated rings. The topological polar surface area (TPSA) is 59.2 Å². The van der Waals surface area contributed by atoms with Crippen LogP contribution in [0.5, 0.6) is 0 Å². The fourth-order valence-corrected chi connectivity index (χ4v) is 1.88. The Morgan fingerprint density at radius 1 is 1.11 bits per heavy atom. The van der Waals surface area contributed by atoms with Crippen molar-refractivity contribution in [3.63, 3.8) is 0 Å². The van der Waals surface area contributed by atoms with E-state index in [1.165, 1.54) is 0 Å². The third-order valence-electron chi connectivity index (χ3n) is 1.34. The zero-order valence-corrected chi connectivity index (χ0v) is 5.43. The lowest BCUT2D eigenvalue weighted by Crippen LogP contribution is -2.14. The van der Waals surface area contributed by atoms with Crippen LogP contribution in [0.1, 0.15) is 0 Å². The first kappa shape index (κ1) is 5.64. The summed E-state index contributed by atoms with van der Waals surface area (Å²) in [5, 5.41) is 0. The summed E-state index contributed by atoms with van der Waals surface area (Å²) in [5.74, 6) is 0. The molecule has 0 N–H and O–H groups in total. The molecule has 0 aromatic heterocycles.